The summed E-state index contributed by atoms with van der Waals surface area (Å²) in [7, 11) is 0. The molecule has 0 bridgehead atoms. The molecule has 0 heterocycles. The van der Waals surface area contributed by atoms with Crippen molar-refractivity contribution >= 4 is 34.8 Å². The summed E-state index contributed by atoms with van der Waals surface area (Å²) in [4.78, 5) is 2.82. The van der Waals surface area contributed by atoms with E-state index < -0.39 is 3.92 Å². The Hall–Kier alpha value is 0.360. The van der Waals surface area contributed by atoms with Gasteiger partial charge in [-0.3, -0.25) is 0 Å². The highest BCUT2D eigenvalue weighted by molar-refractivity contribution is 6.68. The standard InChI is InChI=1S/C2HCl3N/c1-6-2(3,4)5/h1H/q+1. The summed E-state index contributed by atoms with van der Waals surface area (Å²) in [5.41, 5.74) is 0. The summed E-state index contributed by atoms with van der Waals surface area (Å²) < 4.78 is -1.64. The van der Waals surface area contributed by atoms with Crippen LogP contribution in [0.2, 0.25) is 0 Å². The van der Waals surface area contributed by atoms with Gasteiger partial charge in [0.05, 0.1) is 0 Å². The Labute approximate surface area is 50.6 Å². The van der Waals surface area contributed by atoms with E-state index in [0.717, 1.165) is 0 Å². The normalized spacial score (nSPS) is 10.3. The van der Waals surface area contributed by atoms with Crippen molar-refractivity contribution in [2.24, 2.45) is 0 Å². The predicted octanol–water partition coefficient (Wildman–Crippen LogP) is 2.28. The van der Waals surface area contributed by atoms with Crippen molar-refractivity contribution in [2.45, 2.75) is 3.92 Å². The van der Waals surface area contributed by atoms with Gasteiger partial charge in [-0.15, -0.1) is 0 Å². The predicted molar refractivity (Wildman–Crippen MR) is 28.6 cm³/mol. The van der Waals surface area contributed by atoms with Gasteiger partial charge in [0.1, 0.15) is 0 Å². The van der Waals surface area contributed by atoms with Gasteiger partial charge in [-0.25, -0.2) is 0 Å². The van der Waals surface area contributed by atoms with Gasteiger partial charge in [0.15, 0.2) is 0 Å². The third-order valence-corrected chi connectivity index (χ3v) is 0.439. The zero-order valence-electron chi connectivity index (χ0n) is 2.66. The largest absolute Gasteiger partial charge is 0.507 e. The van der Waals surface area contributed by atoms with Crippen molar-refractivity contribution in [3.05, 3.63) is 4.85 Å². The molecule has 0 aliphatic heterocycles. The number of rotatable bonds is 0. The maximum absolute atomic E-state index is 4.96. The first kappa shape index (κ1) is 6.36. The van der Waals surface area contributed by atoms with Crippen LogP contribution < -0.4 is 0 Å². The molecule has 0 aromatic rings. The van der Waals surface area contributed by atoms with Gasteiger partial charge in [0.25, 0.3) is 6.57 Å². The van der Waals surface area contributed by atoms with Crippen LogP contribution in [0.25, 0.3) is 4.85 Å². The number of nitrogens with zero attached hydrogens (tertiary/aromatic N) is 1. The SMILES string of the molecule is C#[N+]C(Cl)(Cl)Cl. The lowest BCUT2D eigenvalue weighted by Crippen LogP contribution is -1.88. The Morgan fingerprint density at radius 2 is 1.50 bits per heavy atom. The zero-order valence-corrected chi connectivity index (χ0v) is 4.93. The molecule has 0 aromatic heterocycles. The second-order valence-corrected chi connectivity index (χ2v) is 2.82. The van der Waals surface area contributed by atoms with Gasteiger partial charge >= 0.3 is 3.92 Å². The van der Waals surface area contributed by atoms with E-state index in [0.29, 0.717) is 0 Å². The highest BCUT2D eigenvalue weighted by Gasteiger charge is 2.29. The number of hydrogen-bond donors (Lipinski definition) is 0. The molecular formula is C2HCl3N+. The molecular weight excluding hydrogens is 144 g/mol. The molecule has 0 aliphatic rings. The molecule has 4 heteroatoms. The molecule has 0 rings (SSSR count). The van der Waals surface area contributed by atoms with E-state index in [2.05, 4.69) is 11.4 Å². The van der Waals surface area contributed by atoms with Crippen molar-refractivity contribution in [1.29, 1.82) is 0 Å². The average molecular weight is 145 g/mol. The van der Waals surface area contributed by atoms with Crippen LogP contribution in [-0.4, -0.2) is 3.92 Å². The molecule has 0 N–H and O–H groups in total. The molecule has 0 amide bonds. The van der Waals surface area contributed by atoms with Gasteiger partial charge < -0.3 is 0 Å². The van der Waals surface area contributed by atoms with Crippen LogP contribution in [0, 0.1) is 6.57 Å². The second kappa shape index (κ2) is 1.88. The Bertz CT molecular complexity index is 75.8. The number of hydrogen-bond acceptors (Lipinski definition) is 0. The van der Waals surface area contributed by atoms with Crippen molar-refractivity contribution in [3.8, 4) is 6.57 Å². The van der Waals surface area contributed by atoms with Crippen molar-refractivity contribution in [1.82, 2.24) is 0 Å². The second-order valence-electron chi connectivity index (χ2n) is 0.597. The van der Waals surface area contributed by atoms with Gasteiger partial charge in [-0.2, -0.15) is 0 Å². The van der Waals surface area contributed by atoms with Crippen LogP contribution in [0.1, 0.15) is 0 Å². The maximum atomic E-state index is 4.96. The fraction of sp³-hybridized carbons (Fsp3) is 0.500. The van der Waals surface area contributed by atoms with Crippen molar-refractivity contribution < 1.29 is 0 Å². The average Bonchev–Trinajstić information content (AvgIpc) is 1.35. The molecule has 0 aromatic carbocycles. The minimum atomic E-state index is -1.64. The molecule has 1 nitrogen and oxygen atoms in total. The molecule has 0 radical (unpaired) electrons. The fourth-order valence-electron chi connectivity index (χ4n) is 0. The number of halogens is 3. The van der Waals surface area contributed by atoms with E-state index >= 15 is 0 Å². The van der Waals surface area contributed by atoms with E-state index in [1.807, 2.05) is 0 Å². The van der Waals surface area contributed by atoms with Gasteiger partial charge in [-0.05, 0) is 4.85 Å². The smallest absolute Gasteiger partial charge is 0.0248 e. The Kier molecular flexibility index (Phi) is 1.99. The van der Waals surface area contributed by atoms with Gasteiger partial charge in [-0.1, -0.05) is 0 Å². The van der Waals surface area contributed by atoms with Crippen LogP contribution in [0.3, 0.4) is 0 Å². The van der Waals surface area contributed by atoms with Crippen LogP contribution in [-0.2, 0) is 0 Å². The molecule has 0 saturated carbocycles. The van der Waals surface area contributed by atoms with E-state index in [4.69, 9.17) is 34.8 Å². The fourth-order valence-corrected chi connectivity index (χ4v) is 0. The molecule has 0 saturated heterocycles. The molecule has 0 unspecified atom stereocenters. The molecule has 0 spiro atoms. The van der Waals surface area contributed by atoms with Gasteiger partial charge in [0, 0.05) is 34.8 Å². The Morgan fingerprint density at radius 3 is 1.50 bits per heavy atom. The van der Waals surface area contributed by atoms with Crippen LogP contribution in [0.5, 0.6) is 0 Å². The molecule has 34 valence electrons. The first-order valence-electron chi connectivity index (χ1n) is 1.05. The molecule has 6 heavy (non-hydrogen) atoms. The first-order valence-corrected chi connectivity index (χ1v) is 2.18. The summed E-state index contributed by atoms with van der Waals surface area (Å²) in [5.74, 6) is 0. The summed E-state index contributed by atoms with van der Waals surface area (Å²) in [5, 5.41) is 0. The van der Waals surface area contributed by atoms with E-state index in [9.17, 15) is 0 Å². The molecule has 0 atom stereocenters. The highest BCUT2D eigenvalue weighted by atomic mass is 35.6. The van der Waals surface area contributed by atoms with Crippen molar-refractivity contribution in [3.63, 3.8) is 0 Å². The highest BCUT2D eigenvalue weighted by Crippen LogP contribution is 2.26. The zero-order chi connectivity index (χ0) is 5.21. The quantitative estimate of drug-likeness (QED) is 0.364. The summed E-state index contributed by atoms with van der Waals surface area (Å²) >= 11 is 14.9. The van der Waals surface area contributed by atoms with Crippen LogP contribution in [0.4, 0.5) is 0 Å². The molecule has 0 aliphatic carbocycles. The summed E-state index contributed by atoms with van der Waals surface area (Å²) in [6.45, 7) is 4.53. The van der Waals surface area contributed by atoms with E-state index in [1.54, 1.807) is 0 Å². The minimum Gasteiger partial charge on any atom is -0.0248 e. The van der Waals surface area contributed by atoms with Crippen LogP contribution >= 0.6 is 34.8 Å². The van der Waals surface area contributed by atoms with E-state index in [1.165, 1.54) is 0 Å². The summed E-state index contributed by atoms with van der Waals surface area (Å²) in [6.07, 6.45) is 0. The molecule has 0 fully saturated rings. The topological polar surface area (TPSA) is 4.36 Å². The van der Waals surface area contributed by atoms with Crippen molar-refractivity contribution in [2.75, 3.05) is 0 Å². The third kappa shape index (κ3) is 4.36. The monoisotopic (exact) mass is 144 g/mol. The van der Waals surface area contributed by atoms with Crippen LogP contribution in [0.15, 0.2) is 0 Å². The number of alkyl halides is 3. The summed E-state index contributed by atoms with van der Waals surface area (Å²) in [6, 6.07) is 0. The Morgan fingerprint density at radius 1 is 1.33 bits per heavy atom. The maximum Gasteiger partial charge on any atom is 0.507 e. The lowest BCUT2D eigenvalue weighted by Gasteiger charge is -1.78. The van der Waals surface area contributed by atoms with E-state index in [-0.39, 0.29) is 0 Å². The Balaban J connectivity index is 3.55. The lowest BCUT2D eigenvalue weighted by molar-refractivity contribution is 1.47. The minimum absolute atomic E-state index is 1.64. The first-order chi connectivity index (χ1) is 2.56. The van der Waals surface area contributed by atoms with Gasteiger partial charge in [0.2, 0.25) is 0 Å². The lowest BCUT2D eigenvalue weighted by atomic mass is 11.4. The third-order valence-electron chi connectivity index (χ3n) is 0.146.